The fourth-order valence-corrected chi connectivity index (χ4v) is 13.8. The lowest BCUT2D eigenvalue weighted by Gasteiger charge is -2.27. The molecule has 0 unspecified atom stereocenters. The van der Waals surface area contributed by atoms with Crippen molar-refractivity contribution in [3.63, 3.8) is 0 Å². The first-order chi connectivity index (χ1) is 57.8. The van der Waals surface area contributed by atoms with Gasteiger partial charge in [-0.15, -0.1) is 0 Å². The molecule has 0 bridgehead atoms. The van der Waals surface area contributed by atoms with Crippen LogP contribution in [0.25, 0.3) is 0 Å². The second kappa shape index (κ2) is 40.6. The quantitative estimate of drug-likeness (QED) is 0.0562. The van der Waals surface area contributed by atoms with Crippen LogP contribution in [0.1, 0.15) is 116 Å². The summed E-state index contributed by atoms with van der Waals surface area (Å²) in [6.45, 7) is 6.97. The first-order valence-corrected chi connectivity index (χ1v) is 39.1. The van der Waals surface area contributed by atoms with E-state index in [-0.39, 0.29) is 87.5 Å². The van der Waals surface area contributed by atoms with E-state index in [0.717, 1.165) is 57.8 Å². The number of esters is 2. The van der Waals surface area contributed by atoms with Gasteiger partial charge in [0.05, 0.1) is 104 Å². The third kappa shape index (κ3) is 20.9. The predicted molar refractivity (Wildman–Crippen MR) is 449 cm³/mol. The second-order valence-electron chi connectivity index (χ2n) is 27.1. The molecule has 24 nitrogen and oxygen atoms in total. The van der Waals surface area contributed by atoms with Crippen molar-refractivity contribution in [3.8, 4) is 17.2 Å². The van der Waals surface area contributed by atoms with Crippen LogP contribution >= 0.6 is 15.9 Å². The van der Waals surface area contributed by atoms with Crippen molar-refractivity contribution in [2.24, 2.45) is 0 Å². The molecule has 0 saturated heterocycles. The summed E-state index contributed by atoms with van der Waals surface area (Å²) in [5.74, 6) is -4.46. The van der Waals surface area contributed by atoms with Crippen molar-refractivity contribution in [1.82, 2.24) is 29.9 Å². The summed E-state index contributed by atoms with van der Waals surface area (Å²) in [7, 11) is 4.71. The molecule has 0 aliphatic carbocycles. The Morgan fingerprint density at radius 2 is 0.756 bits per heavy atom. The first kappa shape index (κ1) is 84.5. The molecule has 0 radical (unpaired) electrons. The number of halogens is 4. The van der Waals surface area contributed by atoms with Gasteiger partial charge in [-0.1, -0.05) is 182 Å². The Morgan fingerprint density at radius 3 is 1.13 bits per heavy atom. The number of carbonyl (C=O) groups excluding carboxylic acids is 5. The predicted octanol–water partition coefficient (Wildman–Crippen LogP) is 16.8. The van der Waals surface area contributed by atoms with E-state index in [2.05, 4.69) is 51.2 Å². The number of aromatic nitrogens is 6. The van der Waals surface area contributed by atoms with Gasteiger partial charge in [0, 0.05) is 59.0 Å². The van der Waals surface area contributed by atoms with Crippen LogP contribution in [-0.2, 0) is 23.9 Å². The van der Waals surface area contributed by atoms with Crippen LogP contribution in [0.2, 0.25) is 0 Å². The summed E-state index contributed by atoms with van der Waals surface area (Å²) in [6, 6.07) is 69.4. The summed E-state index contributed by atoms with van der Waals surface area (Å²) >= 11 is 3.17. The highest BCUT2D eigenvalue weighted by Crippen LogP contribution is 2.40. The number of fused-ring (bicyclic) bond motifs is 3. The van der Waals surface area contributed by atoms with Gasteiger partial charge in [-0.2, -0.15) is 0 Å². The highest BCUT2D eigenvalue weighted by Gasteiger charge is 2.35. The van der Waals surface area contributed by atoms with Gasteiger partial charge in [0.2, 0.25) is 29.6 Å². The summed E-state index contributed by atoms with van der Waals surface area (Å²) in [4.78, 5) is 113. The molecule has 15 rings (SSSR count). The number of rotatable bonds is 19. The molecule has 3 aliphatic heterocycles. The Labute approximate surface area is 694 Å². The first-order valence-electron chi connectivity index (χ1n) is 38.3. The van der Waals surface area contributed by atoms with E-state index in [1.807, 2.05) is 182 Å². The summed E-state index contributed by atoms with van der Waals surface area (Å²) in [5, 5.41) is 13.2. The second-order valence-corrected chi connectivity index (χ2v) is 27.8. The summed E-state index contributed by atoms with van der Waals surface area (Å²) < 4.78 is 68.5. The van der Waals surface area contributed by atoms with Crippen LogP contribution in [-0.4, -0.2) is 144 Å². The number of aromatic carboxylic acids is 1. The van der Waals surface area contributed by atoms with Gasteiger partial charge < -0.3 is 58.6 Å². The lowest BCUT2D eigenvalue weighted by molar-refractivity contribution is -0.119. The number of carbonyl (C=O) groups is 6. The molecule has 6 heterocycles. The van der Waals surface area contributed by atoms with Crippen LogP contribution in [0.3, 0.4) is 0 Å². The number of nitrogens with zero attached hydrogens (tertiary/aromatic N) is 11. The van der Waals surface area contributed by atoms with E-state index in [9.17, 15) is 47.0 Å². The lowest BCUT2D eigenvalue weighted by atomic mass is 9.90. The number of ether oxygens (including phenoxy) is 5. The smallest absolute Gasteiger partial charge is 0.359 e. The molecule has 3 amide bonds. The third-order valence-electron chi connectivity index (χ3n) is 19.3. The average molecular weight is 1670 g/mol. The lowest BCUT2D eigenvalue weighted by Crippen LogP contribution is -2.34. The minimum Gasteiger partial charge on any atom is -0.491 e. The Bertz CT molecular complexity index is 5400. The molecule has 3 aromatic heterocycles. The molecule has 2 N–H and O–H groups in total. The molecule has 3 aliphatic rings. The minimum absolute atomic E-state index is 0.0319. The van der Waals surface area contributed by atoms with Crippen molar-refractivity contribution >= 4 is 97.6 Å². The number of carboxylic acids is 1. The fraction of sp³-hybridized carbons (Fsp3) is 0.209. The van der Waals surface area contributed by atoms with Crippen LogP contribution < -0.4 is 44.0 Å². The zero-order valence-electron chi connectivity index (χ0n) is 65.6. The van der Waals surface area contributed by atoms with Crippen molar-refractivity contribution in [3.05, 3.63) is 328 Å². The molecule has 608 valence electrons. The molecular formula is C91H84BrF3N12O12. The maximum Gasteiger partial charge on any atom is 0.359 e. The number of likely N-dealkylation sites (N-methyl/N-ethyl adjacent to an activating group) is 3. The third-order valence-corrected chi connectivity index (χ3v) is 19.7. The number of amides is 3. The Hall–Kier alpha value is -13.9. The highest BCUT2D eigenvalue weighted by molar-refractivity contribution is 9.10. The van der Waals surface area contributed by atoms with Gasteiger partial charge in [-0.05, 0) is 119 Å². The standard InChI is InChI=1S/C31H29FN4O4.C29H25FN4O4.C22H20BrN3O3.C9H10FNO/c1-3-39-30(38)28-25(20-33-31(34-28)36-17-10-18-40-26-16-15-23(32)19-24(26)36)35(2)29(37)27(21-11-6-4-7-12-21)22-13-8-5-9-14-22;1-33(27(35)25(19-9-4-2-5-10-19)20-11-6-3-7-12-20)23-18-31-29(32-26(23)28(36)37)34-15-8-16-38-24-14-13-21(30)17-22(24)34;1-3-29-21(28)19-17(14-24-22(23)25-19)26(2)20(27)18(15-10-6-4-7-11-15)16-12-8-5-9-13-16;10-7-2-3-9-8(6-7)11-4-1-5-12-9/h4-9,11-16,19-20,27H,3,10,17-18H2,1-2H3;2-7,9-14,17-18,25H,8,15-16H2,1H3,(H,36,37);4-14,18H,3H2,1-2H3;2-3,6,11H,1,4-5H2. The maximum atomic E-state index is 14.2. The SMILES string of the molecule is CCOC(=O)c1nc(Br)ncc1N(C)C(=O)C(c1ccccc1)c1ccccc1.CCOC(=O)c1nc(N2CCCOc3ccc(F)cc32)ncc1N(C)C(=O)C(c1ccccc1)c1ccccc1.CN(C(=O)C(c1ccccc1)c1ccccc1)c1cnc(N2CCCOc3ccc(F)cc32)nc1C(=O)O.Fc1ccc2c(c1)NCCCO2. The van der Waals surface area contributed by atoms with Gasteiger partial charge in [0.1, 0.15) is 34.7 Å². The zero-order valence-corrected chi connectivity index (χ0v) is 67.2. The van der Waals surface area contributed by atoms with Gasteiger partial charge in [0.25, 0.3) is 0 Å². The Morgan fingerprint density at radius 1 is 0.437 bits per heavy atom. The topological polar surface area (TPSA) is 274 Å². The molecule has 9 aromatic carbocycles. The van der Waals surface area contributed by atoms with Gasteiger partial charge in [-0.3, -0.25) is 14.4 Å². The highest BCUT2D eigenvalue weighted by atomic mass is 79.9. The normalized spacial score (nSPS) is 12.5. The van der Waals surface area contributed by atoms with E-state index in [1.54, 1.807) is 49.9 Å². The van der Waals surface area contributed by atoms with E-state index in [4.69, 9.17) is 23.7 Å². The summed E-state index contributed by atoms with van der Waals surface area (Å²) in [5.41, 5.74) is 6.65. The monoisotopic (exact) mass is 1670 g/mol. The zero-order chi connectivity index (χ0) is 83.9. The van der Waals surface area contributed by atoms with E-state index in [1.165, 1.54) is 82.8 Å². The van der Waals surface area contributed by atoms with Crippen LogP contribution in [0.5, 0.6) is 17.2 Å². The van der Waals surface area contributed by atoms with E-state index < -0.39 is 47.3 Å². The number of nitrogens with one attached hydrogen (secondary N) is 1. The number of benzene rings is 9. The van der Waals surface area contributed by atoms with Gasteiger partial charge in [0.15, 0.2) is 21.8 Å². The molecule has 0 saturated carbocycles. The molecule has 0 fully saturated rings. The molecule has 28 heteroatoms. The number of anilines is 8. The van der Waals surface area contributed by atoms with Crippen molar-refractivity contribution in [1.29, 1.82) is 0 Å². The largest absolute Gasteiger partial charge is 0.491 e. The molecular weight excluding hydrogens is 1590 g/mol. The maximum absolute atomic E-state index is 14.2. The van der Waals surface area contributed by atoms with Crippen molar-refractivity contribution < 1.29 is 70.7 Å². The van der Waals surface area contributed by atoms with Gasteiger partial charge in [-0.25, -0.2) is 57.5 Å². The van der Waals surface area contributed by atoms with E-state index in [0.29, 0.717) is 68.6 Å². The molecule has 12 aromatic rings. The van der Waals surface area contributed by atoms with Gasteiger partial charge >= 0.3 is 17.9 Å². The fourth-order valence-electron chi connectivity index (χ4n) is 13.5. The number of carboxylic acid groups (broad SMARTS) is 1. The molecule has 0 atom stereocenters. The minimum atomic E-state index is -1.31. The van der Waals surface area contributed by atoms with Crippen LogP contribution in [0.4, 0.5) is 59.2 Å². The number of hydrogen-bond acceptors (Lipinski definition) is 20. The van der Waals surface area contributed by atoms with E-state index >= 15 is 0 Å². The number of hydrogen-bond donors (Lipinski definition) is 2. The van der Waals surface area contributed by atoms with Crippen molar-refractivity contribution in [2.75, 3.05) is 104 Å². The van der Waals surface area contributed by atoms with Crippen LogP contribution in [0.15, 0.2) is 260 Å². The average Bonchev–Trinajstić information content (AvgIpc) is 1.77. The Balaban J connectivity index is 0.000000154. The molecule has 0 spiro atoms. The van der Waals surface area contributed by atoms with Crippen molar-refractivity contribution in [2.45, 2.75) is 50.9 Å². The van der Waals surface area contributed by atoms with Crippen LogP contribution in [0, 0.1) is 17.5 Å². The molecule has 119 heavy (non-hydrogen) atoms. The Kier molecular flexibility index (Phi) is 28.8. The summed E-state index contributed by atoms with van der Waals surface area (Å²) in [6.07, 6.45) is 6.37.